The van der Waals surface area contributed by atoms with Gasteiger partial charge < -0.3 is 0 Å². The van der Waals surface area contributed by atoms with Crippen LogP contribution in [-0.4, -0.2) is 5.78 Å². The van der Waals surface area contributed by atoms with Gasteiger partial charge in [0.25, 0.3) is 0 Å². The van der Waals surface area contributed by atoms with E-state index < -0.39 is 0 Å². The number of rotatable bonds is 1. The average Bonchev–Trinajstić information content (AvgIpc) is 3.18. The lowest BCUT2D eigenvalue weighted by molar-refractivity contribution is -0.126. The molecule has 0 aliphatic heterocycles. The van der Waals surface area contributed by atoms with Crippen molar-refractivity contribution in [1.82, 2.24) is 0 Å². The number of carbonyl (C=O) groups is 1. The highest BCUT2D eigenvalue weighted by Crippen LogP contribution is 2.57. The summed E-state index contributed by atoms with van der Waals surface area (Å²) in [6, 6.07) is 11.6. The van der Waals surface area contributed by atoms with Gasteiger partial charge in [0.1, 0.15) is 5.78 Å². The summed E-state index contributed by atoms with van der Waals surface area (Å²) >= 11 is 0. The molecule has 3 aliphatic carbocycles. The molecule has 0 heterocycles. The summed E-state index contributed by atoms with van der Waals surface area (Å²) in [6.45, 7) is 4.49. The third-order valence-corrected chi connectivity index (χ3v) is 6.76. The highest BCUT2D eigenvalue weighted by molar-refractivity contribution is 5.96. The highest BCUT2D eigenvalue weighted by Gasteiger charge is 2.55. The first-order chi connectivity index (χ1) is 11.6. The normalized spacial score (nSPS) is 28.0. The molecule has 1 nitrogen and oxygen atoms in total. The molecule has 1 fully saturated rings. The fourth-order valence-corrected chi connectivity index (χ4v) is 5.42. The first-order valence-electron chi connectivity index (χ1n) is 9.36. The number of carbonyl (C=O) groups excluding carboxylic acids is 1. The van der Waals surface area contributed by atoms with Crippen LogP contribution in [-0.2, 0) is 16.6 Å². The van der Waals surface area contributed by atoms with E-state index >= 15 is 0 Å². The summed E-state index contributed by atoms with van der Waals surface area (Å²) in [5.74, 6) is 1.57. The summed E-state index contributed by atoms with van der Waals surface area (Å²) < 4.78 is 0. The van der Waals surface area contributed by atoms with E-state index in [1.165, 1.54) is 33.0 Å². The molecule has 0 N–H and O–H groups in total. The zero-order chi connectivity index (χ0) is 16.5. The van der Waals surface area contributed by atoms with Crippen molar-refractivity contribution in [3.63, 3.8) is 0 Å². The molecule has 0 saturated heterocycles. The van der Waals surface area contributed by atoms with Gasteiger partial charge in [0.15, 0.2) is 0 Å². The van der Waals surface area contributed by atoms with Crippen LogP contribution in [0.5, 0.6) is 0 Å². The van der Waals surface area contributed by atoms with Crippen molar-refractivity contribution >= 4 is 16.6 Å². The Morgan fingerprint density at radius 1 is 1.08 bits per heavy atom. The van der Waals surface area contributed by atoms with Gasteiger partial charge in [-0.25, -0.2) is 0 Å². The van der Waals surface area contributed by atoms with Gasteiger partial charge in [-0.1, -0.05) is 49.8 Å². The van der Waals surface area contributed by atoms with E-state index in [4.69, 9.17) is 0 Å². The summed E-state index contributed by atoms with van der Waals surface area (Å²) in [4.78, 5) is 13.0. The van der Waals surface area contributed by atoms with Gasteiger partial charge in [-0.15, -0.1) is 0 Å². The van der Waals surface area contributed by atoms with Gasteiger partial charge >= 0.3 is 0 Å². The number of ketones is 1. The Morgan fingerprint density at radius 3 is 2.67 bits per heavy atom. The Kier molecular flexibility index (Phi) is 2.90. The van der Waals surface area contributed by atoms with Gasteiger partial charge in [0.05, 0.1) is 5.41 Å². The SMILES string of the molecule is CC(C)c1ccc2cc3c(cc2c1)CCC(=O)C31CC2=CCC1C2. The van der Waals surface area contributed by atoms with Gasteiger partial charge in [-0.3, -0.25) is 4.79 Å². The molecule has 2 aromatic rings. The molecular weight excluding hydrogens is 292 g/mol. The molecular formula is C23H24O. The predicted octanol–water partition coefficient (Wildman–Crippen LogP) is 5.46. The first-order valence-corrected chi connectivity index (χ1v) is 9.36. The third kappa shape index (κ3) is 1.79. The molecule has 0 radical (unpaired) electrons. The number of hydrogen-bond donors (Lipinski definition) is 0. The Labute approximate surface area is 143 Å². The summed E-state index contributed by atoms with van der Waals surface area (Å²) in [5, 5.41) is 2.63. The maximum Gasteiger partial charge on any atom is 0.144 e. The van der Waals surface area contributed by atoms with Gasteiger partial charge in [-0.05, 0) is 71.0 Å². The quantitative estimate of drug-likeness (QED) is 0.639. The molecule has 2 bridgehead atoms. The molecule has 1 saturated carbocycles. The van der Waals surface area contributed by atoms with Crippen molar-refractivity contribution in [2.24, 2.45) is 5.92 Å². The molecule has 2 atom stereocenters. The fraction of sp³-hybridized carbons (Fsp3) is 0.435. The van der Waals surface area contributed by atoms with Crippen LogP contribution in [0.3, 0.4) is 0 Å². The second-order valence-corrected chi connectivity index (χ2v) is 8.34. The average molecular weight is 316 g/mol. The van der Waals surface area contributed by atoms with Crippen LogP contribution < -0.4 is 0 Å². The van der Waals surface area contributed by atoms with Gasteiger partial charge in [0.2, 0.25) is 0 Å². The zero-order valence-corrected chi connectivity index (χ0v) is 14.6. The van der Waals surface area contributed by atoms with Crippen molar-refractivity contribution in [3.8, 4) is 0 Å². The molecule has 122 valence electrons. The minimum atomic E-state index is -0.192. The number of aryl methyl sites for hydroxylation is 1. The van der Waals surface area contributed by atoms with Crippen LogP contribution >= 0.6 is 0 Å². The lowest BCUT2D eigenvalue weighted by atomic mass is 9.61. The van der Waals surface area contributed by atoms with E-state index in [1.54, 1.807) is 0 Å². The lowest BCUT2D eigenvalue weighted by Gasteiger charge is -2.40. The minimum Gasteiger partial charge on any atom is -0.299 e. The van der Waals surface area contributed by atoms with Crippen molar-refractivity contribution in [1.29, 1.82) is 0 Å². The topological polar surface area (TPSA) is 17.1 Å². The number of benzene rings is 2. The molecule has 1 heteroatoms. The van der Waals surface area contributed by atoms with Crippen molar-refractivity contribution in [3.05, 3.63) is 58.7 Å². The Bertz CT molecular complexity index is 902. The van der Waals surface area contributed by atoms with E-state index in [2.05, 4.69) is 50.3 Å². The number of hydrogen-bond acceptors (Lipinski definition) is 1. The Hall–Kier alpha value is -1.89. The Morgan fingerprint density at radius 2 is 1.96 bits per heavy atom. The maximum absolute atomic E-state index is 13.0. The van der Waals surface area contributed by atoms with E-state index in [9.17, 15) is 4.79 Å². The number of fused-ring (bicyclic) bond motifs is 6. The Balaban J connectivity index is 1.73. The molecule has 24 heavy (non-hydrogen) atoms. The maximum atomic E-state index is 13.0. The van der Waals surface area contributed by atoms with Crippen LogP contribution in [0.15, 0.2) is 42.0 Å². The van der Waals surface area contributed by atoms with E-state index in [1.807, 2.05) is 0 Å². The zero-order valence-electron chi connectivity index (χ0n) is 14.6. The first kappa shape index (κ1) is 14.5. The van der Waals surface area contributed by atoms with Gasteiger partial charge in [0, 0.05) is 6.42 Å². The predicted molar refractivity (Wildman–Crippen MR) is 98.5 cm³/mol. The second kappa shape index (κ2) is 4.81. The molecule has 5 rings (SSSR count). The van der Waals surface area contributed by atoms with Crippen LogP contribution in [0.25, 0.3) is 10.8 Å². The lowest BCUT2D eigenvalue weighted by Crippen LogP contribution is -2.43. The molecule has 2 aromatic carbocycles. The van der Waals surface area contributed by atoms with E-state index in [-0.39, 0.29) is 5.41 Å². The monoisotopic (exact) mass is 316 g/mol. The molecule has 1 spiro atoms. The molecule has 3 aliphatic rings. The van der Waals surface area contributed by atoms with Crippen molar-refractivity contribution in [2.45, 2.75) is 57.3 Å². The summed E-state index contributed by atoms with van der Waals surface area (Å²) in [5.41, 5.74) is 5.51. The molecule has 2 unspecified atom stereocenters. The van der Waals surface area contributed by atoms with E-state index in [0.29, 0.717) is 17.6 Å². The standard InChI is InChI=1S/C23H24O/c1-14(2)16-4-5-17-12-21-18(11-19(17)10-16)6-8-22(24)23(21)13-15-3-7-20(23)9-15/h3-5,10-12,14,20H,6-9,13H2,1-2H3. The summed E-state index contributed by atoms with van der Waals surface area (Å²) in [7, 11) is 0. The molecule has 0 amide bonds. The minimum absolute atomic E-state index is 0.192. The van der Waals surface area contributed by atoms with Gasteiger partial charge in [-0.2, -0.15) is 0 Å². The smallest absolute Gasteiger partial charge is 0.144 e. The highest BCUT2D eigenvalue weighted by atomic mass is 16.1. The summed E-state index contributed by atoms with van der Waals surface area (Å²) in [6.07, 6.45) is 7.27. The van der Waals surface area contributed by atoms with Crippen LogP contribution in [0, 0.1) is 5.92 Å². The fourth-order valence-electron chi connectivity index (χ4n) is 5.42. The third-order valence-electron chi connectivity index (χ3n) is 6.76. The van der Waals surface area contributed by atoms with Crippen molar-refractivity contribution < 1.29 is 4.79 Å². The largest absolute Gasteiger partial charge is 0.299 e. The van der Waals surface area contributed by atoms with Crippen LogP contribution in [0.2, 0.25) is 0 Å². The number of allylic oxidation sites excluding steroid dienone is 2. The molecule has 0 aromatic heterocycles. The number of Topliss-reactive ketones (excluding diaryl/α,β-unsaturated/α-hetero) is 1. The van der Waals surface area contributed by atoms with Crippen LogP contribution in [0.4, 0.5) is 0 Å². The van der Waals surface area contributed by atoms with Crippen LogP contribution in [0.1, 0.15) is 62.1 Å². The second-order valence-electron chi connectivity index (χ2n) is 8.34. The van der Waals surface area contributed by atoms with E-state index in [0.717, 1.165) is 32.1 Å². The van der Waals surface area contributed by atoms with Crippen molar-refractivity contribution in [2.75, 3.05) is 0 Å².